The number of anilines is 1. The van der Waals surface area contributed by atoms with Crippen LogP contribution in [-0.2, 0) is 0 Å². The molecule has 1 aliphatic rings. The molecule has 2 rings (SSSR count). The summed E-state index contributed by atoms with van der Waals surface area (Å²) >= 11 is 0. The van der Waals surface area contributed by atoms with Gasteiger partial charge in [-0.1, -0.05) is 0 Å². The maximum Gasteiger partial charge on any atom is 0.391 e. The number of nitrogens with zero attached hydrogens (tertiary/aromatic N) is 1. The van der Waals surface area contributed by atoms with Gasteiger partial charge in [0.15, 0.2) is 0 Å². The molecule has 6 heteroatoms. The van der Waals surface area contributed by atoms with E-state index in [1.54, 1.807) is 12.1 Å². The smallest absolute Gasteiger partial charge is 0.384 e. The average Bonchev–Trinajstić information content (AvgIpc) is 2.41. The second-order valence-electron chi connectivity index (χ2n) is 5.09. The van der Waals surface area contributed by atoms with Gasteiger partial charge in [-0.2, -0.15) is 13.2 Å². The first-order chi connectivity index (χ1) is 9.45. The van der Waals surface area contributed by atoms with E-state index in [0.717, 1.165) is 5.69 Å². The van der Waals surface area contributed by atoms with Gasteiger partial charge in [0.25, 0.3) is 0 Å². The SMILES string of the molecule is Fc1ccc(NCCN2CCC(C(F)(F)F)CC2)cc1. The van der Waals surface area contributed by atoms with E-state index in [2.05, 4.69) is 5.32 Å². The Hall–Kier alpha value is -1.30. The van der Waals surface area contributed by atoms with Crippen molar-refractivity contribution in [3.05, 3.63) is 30.1 Å². The highest BCUT2D eigenvalue weighted by molar-refractivity contribution is 5.42. The summed E-state index contributed by atoms with van der Waals surface area (Å²) in [7, 11) is 0. The molecule has 0 amide bonds. The van der Waals surface area contributed by atoms with Crippen LogP contribution >= 0.6 is 0 Å². The molecular formula is C14H18F4N2. The highest BCUT2D eigenvalue weighted by Gasteiger charge is 2.40. The first-order valence-electron chi connectivity index (χ1n) is 6.73. The summed E-state index contributed by atoms with van der Waals surface area (Å²) in [6.45, 7) is 2.30. The molecule has 0 aliphatic carbocycles. The Bertz CT molecular complexity index is 408. The first kappa shape index (κ1) is 15.1. The zero-order chi connectivity index (χ0) is 14.6. The van der Waals surface area contributed by atoms with E-state index < -0.39 is 12.1 Å². The lowest BCUT2D eigenvalue weighted by atomic mass is 9.96. The number of alkyl halides is 3. The van der Waals surface area contributed by atoms with Crippen molar-refractivity contribution >= 4 is 5.69 Å². The molecule has 0 unspecified atom stereocenters. The van der Waals surface area contributed by atoms with Crippen LogP contribution in [0.4, 0.5) is 23.2 Å². The Morgan fingerprint density at radius 1 is 1.10 bits per heavy atom. The third-order valence-electron chi connectivity index (χ3n) is 3.65. The van der Waals surface area contributed by atoms with Crippen LogP contribution in [0.3, 0.4) is 0 Å². The summed E-state index contributed by atoms with van der Waals surface area (Å²) in [5.74, 6) is -1.44. The van der Waals surface area contributed by atoms with Gasteiger partial charge in [-0.15, -0.1) is 0 Å². The number of rotatable bonds is 4. The second kappa shape index (κ2) is 6.43. The number of piperidine rings is 1. The third kappa shape index (κ3) is 4.37. The van der Waals surface area contributed by atoms with Crippen LogP contribution in [0.1, 0.15) is 12.8 Å². The quantitative estimate of drug-likeness (QED) is 0.854. The Balaban J connectivity index is 1.67. The zero-order valence-electron chi connectivity index (χ0n) is 11.1. The Kier molecular flexibility index (Phi) is 4.86. The van der Waals surface area contributed by atoms with Crippen LogP contribution in [-0.4, -0.2) is 37.3 Å². The summed E-state index contributed by atoms with van der Waals surface area (Å²) in [6, 6.07) is 6.03. The van der Waals surface area contributed by atoms with Crippen molar-refractivity contribution in [3.8, 4) is 0 Å². The van der Waals surface area contributed by atoms with Crippen molar-refractivity contribution in [2.45, 2.75) is 19.0 Å². The van der Waals surface area contributed by atoms with E-state index in [-0.39, 0.29) is 18.7 Å². The maximum atomic E-state index is 12.7. The lowest BCUT2D eigenvalue weighted by Gasteiger charge is -2.32. The summed E-state index contributed by atoms with van der Waals surface area (Å²) in [5.41, 5.74) is 0.816. The van der Waals surface area contributed by atoms with Crippen LogP contribution in [0, 0.1) is 11.7 Å². The van der Waals surface area contributed by atoms with Gasteiger partial charge in [0, 0.05) is 18.8 Å². The summed E-state index contributed by atoms with van der Waals surface area (Å²) in [5, 5.41) is 3.13. The Morgan fingerprint density at radius 3 is 2.25 bits per heavy atom. The number of likely N-dealkylation sites (tertiary alicyclic amines) is 1. The van der Waals surface area contributed by atoms with Gasteiger partial charge in [-0.05, 0) is 50.2 Å². The fourth-order valence-electron chi connectivity index (χ4n) is 2.41. The number of benzene rings is 1. The maximum absolute atomic E-state index is 12.7. The number of nitrogens with one attached hydrogen (secondary N) is 1. The molecule has 0 radical (unpaired) electrons. The van der Waals surface area contributed by atoms with Crippen LogP contribution < -0.4 is 5.32 Å². The summed E-state index contributed by atoms with van der Waals surface area (Å²) < 4.78 is 50.2. The molecule has 1 aromatic rings. The van der Waals surface area contributed by atoms with E-state index in [9.17, 15) is 17.6 Å². The van der Waals surface area contributed by atoms with Gasteiger partial charge in [0.05, 0.1) is 5.92 Å². The van der Waals surface area contributed by atoms with E-state index in [4.69, 9.17) is 0 Å². The molecule has 1 aliphatic heterocycles. The van der Waals surface area contributed by atoms with Gasteiger partial charge >= 0.3 is 6.18 Å². The van der Waals surface area contributed by atoms with E-state index in [1.165, 1.54) is 12.1 Å². The number of halogens is 4. The van der Waals surface area contributed by atoms with Crippen LogP contribution in [0.5, 0.6) is 0 Å². The van der Waals surface area contributed by atoms with Gasteiger partial charge in [0.2, 0.25) is 0 Å². The lowest BCUT2D eigenvalue weighted by Crippen LogP contribution is -2.40. The molecule has 1 heterocycles. The topological polar surface area (TPSA) is 15.3 Å². The molecule has 20 heavy (non-hydrogen) atoms. The molecule has 1 aromatic carbocycles. The van der Waals surface area contributed by atoms with Gasteiger partial charge < -0.3 is 10.2 Å². The predicted octanol–water partition coefficient (Wildman–Crippen LogP) is 3.51. The molecule has 0 atom stereocenters. The molecule has 1 saturated heterocycles. The first-order valence-corrected chi connectivity index (χ1v) is 6.73. The molecule has 1 N–H and O–H groups in total. The number of hydrogen-bond donors (Lipinski definition) is 1. The van der Waals surface area contributed by atoms with Crippen molar-refractivity contribution < 1.29 is 17.6 Å². The molecular weight excluding hydrogens is 272 g/mol. The van der Waals surface area contributed by atoms with Gasteiger partial charge in [-0.3, -0.25) is 0 Å². The van der Waals surface area contributed by atoms with Crippen molar-refractivity contribution in [2.24, 2.45) is 5.92 Å². The highest BCUT2D eigenvalue weighted by atomic mass is 19.4. The van der Waals surface area contributed by atoms with Crippen molar-refractivity contribution in [3.63, 3.8) is 0 Å². The highest BCUT2D eigenvalue weighted by Crippen LogP contribution is 2.33. The standard InChI is InChI=1S/C14H18F4N2/c15-12-1-3-13(4-2-12)19-7-10-20-8-5-11(6-9-20)14(16,17)18/h1-4,11,19H,5-10H2. The number of hydrogen-bond acceptors (Lipinski definition) is 2. The van der Waals surface area contributed by atoms with Crippen LogP contribution in [0.25, 0.3) is 0 Å². The van der Waals surface area contributed by atoms with E-state index in [1.807, 2.05) is 4.90 Å². The molecule has 0 spiro atoms. The van der Waals surface area contributed by atoms with Crippen molar-refractivity contribution in [1.29, 1.82) is 0 Å². The molecule has 0 aromatic heterocycles. The Labute approximate surface area is 115 Å². The van der Waals surface area contributed by atoms with Crippen molar-refractivity contribution in [1.82, 2.24) is 4.90 Å². The van der Waals surface area contributed by atoms with Crippen LogP contribution in [0.15, 0.2) is 24.3 Å². The van der Waals surface area contributed by atoms with Gasteiger partial charge in [0.1, 0.15) is 5.82 Å². The van der Waals surface area contributed by atoms with Crippen molar-refractivity contribution in [2.75, 3.05) is 31.5 Å². The molecule has 1 fully saturated rings. The minimum Gasteiger partial charge on any atom is -0.384 e. The van der Waals surface area contributed by atoms with E-state index >= 15 is 0 Å². The normalized spacial score (nSPS) is 18.2. The monoisotopic (exact) mass is 290 g/mol. The minimum atomic E-state index is -4.06. The molecule has 0 bridgehead atoms. The predicted molar refractivity (Wildman–Crippen MR) is 70.1 cm³/mol. The fourth-order valence-corrected chi connectivity index (χ4v) is 2.41. The lowest BCUT2D eigenvalue weighted by molar-refractivity contribution is -0.184. The van der Waals surface area contributed by atoms with E-state index in [0.29, 0.717) is 26.2 Å². The second-order valence-corrected chi connectivity index (χ2v) is 5.09. The Morgan fingerprint density at radius 2 is 1.70 bits per heavy atom. The minimum absolute atomic E-state index is 0.181. The summed E-state index contributed by atoms with van der Waals surface area (Å²) in [6.07, 6.45) is -3.70. The summed E-state index contributed by atoms with van der Waals surface area (Å²) in [4.78, 5) is 2.03. The third-order valence-corrected chi connectivity index (χ3v) is 3.65. The fraction of sp³-hybridized carbons (Fsp3) is 0.571. The molecule has 2 nitrogen and oxygen atoms in total. The van der Waals surface area contributed by atoms with Crippen LogP contribution in [0.2, 0.25) is 0 Å². The zero-order valence-corrected chi connectivity index (χ0v) is 11.1. The van der Waals surface area contributed by atoms with Gasteiger partial charge in [-0.25, -0.2) is 4.39 Å². The average molecular weight is 290 g/mol. The largest absolute Gasteiger partial charge is 0.391 e. The molecule has 0 saturated carbocycles. The molecule has 112 valence electrons.